The molecule has 108 valence electrons. The van der Waals surface area contributed by atoms with Crippen molar-refractivity contribution in [3.8, 4) is 0 Å². The molecule has 3 rings (SSSR count). The van der Waals surface area contributed by atoms with Crippen LogP contribution in [-0.4, -0.2) is 68.7 Å². The second-order valence-corrected chi connectivity index (χ2v) is 5.21. The molecule has 2 fully saturated rings. The first-order chi connectivity index (χ1) is 9.49. The number of carbonyl (C=O) groups is 2. The van der Waals surface area contributed by atoms with Gasteiger partial charge in [0.2, 0.25) is 5.91 Å². The first-order valence-electron chi connectivity index (χ1n) is 6.31. The van der Waals surface area contributed by atoms with Gasteiger partial charge in [-0.1, -0.05) is 5.21 Å². The summed E-state index contributed by atoms with van der Waals surface area (Å²) >= 11 is 0. The molecule has 0 aliphatic carbocycles. The largest absolute Gasteiger partial charge is 0.476 e. The number of amides is 1. The topological polar surface area (TPSA) is 124 Å². The van der Waals surface area contributed by atoms with Gasteiger partial charge in [-0.2, -0.15) is 0 Å². The molecule has 9 heteroatoms. The predicted molar refractivity (Wildman–Crippen MR) is 65.0 cm³/mol. The van der Waals surface area contributed by atoms with E-state index in [9.17, 15) is 9.59 Å². The molecule has 1 aromatic rings. The Bertz CT molecular complexity index is 545. The second-order valence-electron chi connectivity index (χ2n) is 5.21. The lowest BCUT2D eigenvalue weighted by atomic mass is 9.95. The number of nitrogens with two attached hydrogens (primary N) is 1. The van der Waals surface area contributed by atoms with E-state index >= 15 is 0 Å². The van der Waals surface area contributed by atoms with E-state index in [2.05, 4.69) is 10.3 Å². The van der Waals surface area contributed by atoms with Gasteiger partial charge >= 0.3 is 5.97 Å². The van der Waals surface area contributed by atoms with Gasteiger partial charge in [0.05, 0.1) is 18.8 Å². The maximum Gasteiger partial charge on any atom is 0.358 e. The molecule has 1 amide bonds. The third kappa shape index (κ3) is 2.04. The third-order valence-electron chi connectivity index (χ3n) is 3.73. The highest BCUT2D eigenvalue weighted by Crippen LogP contribution is 2.26. The molecular weight excluding hydrogens is 266 g/mol. The second kappa shape index (κ2) is 4.53. The van der Waals surface area contributed by atoms with E-state index < -0.39 is 11.5 Å². The lowest BCUT2D eigenvalue weighted by molar-refractivity contribution is -0.143. The van der Waals surface area contributed by atoms with Gasteiger partial charge in [0.25, 0.3) is 0 Å². The monoisotopic (exact) mass is 281 g/mol. The number of hydrogen-bond acceptors (Lipinski definition) is 6. The number of rotatable bonds is 3. The fourth-order valence-corrected chi connectivity index (χ4v) is 2.41. The van der Waals surface area contributed by atoms with Crippen molar-refractivity contribution in [2.24, 2.45) is 5.73 Å². The van der Waals surface area contributed by atoms with E-state index in [1.165, 1.54) is 10.9 Å². The highest BCUT2D eigenvalue weighted by atomic mass is 16.5. The first-order valence-corrected chi connectivity index (χ1v) is 6.31. The summed E-state index contributed by atoms with van der Waals surface area (Å²) in [5, 5.41) is 16.1. The number of aromatic carboxylic acids is 1. The number of hydrogen-bond donors (Lipinski definition) is 2. The standard InChI is InChI=1S/C11H15N5O4/c12-11(1-2-20-6-11)10(19)15-3-7(4-15)16-5-8(9(17)18)13-14-16/h5,7H,1-4,6,12H2,(H,17,18). The summed E-state index contributed by atoms with van der Waals surface area (Å²) in [6, 6.07) is -0.0505. The summed E-state index contributed by atoms with van der Waals surface area (Å²) < 4.78 is 6.65. The van der Waals surface area contributed by atoms with Gasteiger partial charge in [0.15, 0.2) is 5.69 Å². The Labute approximate surface area is 114 Å². The first kappa shape index (κ1) is 13.0. The van der Waals surface area contributed by atoms with Crippen LogP contribution in [0.2, 0.25) is 0 Å². The maximum absolute atomic E-state index is 12.2. The van der Waals surface area contributed by atoms with Crippen LogP contribution in [0.5, 0.6) is 0 Å². The van der Waals surface area contributed by atoms with Crippen LogP contribution >= 0.6 is 0 Å². The smallest absolute Gasteiger partial charge is 0.358 e. The highest BCUT2D eigenvalue weighted by Gasteiger charge is 2.45. The van der Waals surface area contributed by atoms with Gasteiger partial charge in [-0.05, 0) is 6.42 Å². The lowest BCUT2D eigenvalue weighted by Crippen LogP contribution is -2.62. The zero-order valence-corrected chi connectivity index (χ0v) is 10.7. The molecule has 3 heterocycles. The van der Waals surface area contributed by atoms with Crippen molar-refractivity contribution >= 4 is 11.9 Å². The van der Waals surface area contributed by atoms with E-state index in [1.807, 2.05) is 0 Å². The summed E-state index contributed by atoms with van der Waals surface area (Å²) in [5.41, 5.74) is 4.99. The zero-order valence-electron chi connectivity index (χ0n) is 10.7. The van der Waals surface area contributed by atoms with Crippen LogP contribution < -0.4 is 5.73 Å². The van der Waals surface area contributed by atoms with E-state index in [-0.39, 0.29) is 24.2 Å². The van der Waals surface area contributed by atoms with Crippen molar-refractivity contribution in [3.63, 3.8) is 0 Å². The quantitative estimate of drug-likeness (QED) is 0.689. The molecule has 1 atom stereocenters. The zero-order chi connectivity index (χ0) is 14.3. The van der Waals surface area contributed by atoms with E-state index in [4.69, 9.17) is 15.6 Å². The minimum atomic E-state index is -1.12. The normalized spacial score (nSPS) is 26.6. The molecule has 1 aromatic heterocycles. The predicted octanol–water partition coefficient (Wildman–Crippen LogP) is -1.52. The fraction of sp³-hybridized carbons (Fsp3) is 0.636. The molecular formula is C11H15N5O4. The molecule has 20 heavy (non-hydrogen) atoms. The number of aromatic nitrogens is 3. The number of carboxylic acids is 1. The van der Waals surface area contributed by atoms with Crippen LogP contribution in [0.3, 0.4) is 0 Å². The van der Waals surface area contributed by atoms with E-state index in [0.717, 1.165) is 0 Å². The Kier molecular flexibility index (Phi) is 2.94. The summed E-state index contributed by atoms with van der Waals surface area (Å²) in [6.07, 6.45) is 1.89. The van der Waals surface area contributed by atoms with E-state index in [1.54, 1.807) is 4.90 Å². The van der Waals surface area contributed by atoms with Gasteiger partial charge in [-0.15, -0.1) is 5.10 Å². The van der Waals surface area contributed by atoms with E-state index in [0.29, 0.717) is 26.1 Å². The Morgan fingerprint density at radius 3 is 2.80 bits per heavy atom. The summed E-state index contributed by atoms with van der Waals surface area (Å²) in [7, 11) is 0. The van der Waals surface area contributed by atoms with Crippen LogP contribution in [-0.2, 0) is 9.53 Å². The molecule has 9 nitrogen and oxygen atoms in total. The van der Waals surface area contributed by atoms with Crippen molar-refractivity contribution in [1.82, 2.24) is 19.9 Å². The molecule has 0 saturated carbocycles. The van der Waals surface area contributed by atoms with Crippen LogP contribution in [0.25, 0.3) is 0 Å². The lowest BCUT2D eigenvalue weighted by Gasteiger charge is -2.42. The fourth-order valence-electron chi connectivity index (χ4n) is 2.41. The van der Waals surface area contributed by atoms with Crippen molar-refractivity contribution in [2.75, 3.05) is 26.3 Å². The SMILES string of the molecule is NC1(C(=O)N2CC(n3cc(C(=O)O)nn3)C2)CCOC1. The minimum Gasteiger partial charge on any atom is -0.476 e. The molecule has 2 aliphatic rings. The number of ether oxygens (including phenoxy) is 1. The molecule has 1 unspecified atom stereocenters. The number of carbonyl (C=O) groups excluding carboxylic acids is 1. The van der Waals surface area contributed by atoms with Crippen LogP contribution in [0.1, 0.15) is 23.0 Å². The van der Waals surface area contributed by atoms with Gasteiger partial charge in [0.1, 0.15) is 5.54 Å². The number of likely N-dealkylation sites (tertiary alicyclic amines) is 1. The Morgan fingerprint density at radius 2 is 2.25 bits per heavy atom. The van der Waals surface area contributed by atoms with Crippen molar-refractivity contribution in [2.45, 2.75) is 18.0 Å². The number of nitrogens with zero attached hydrogens (tertiary/aromatic N) is 4. The third-order valence-corrected chi connectivity index (χ3v) is 3.73. The summed E-state index contributed by atoms with van der Waals surface area (Å²) in [4.78, 5) is 24.6. The molecule has 0 spiro atoms. The molecule has 0 radical (unpaired) electrons. The minimum absolute atomic E-state index is 0.0505. The van der Waals surface area contributed by atoms with Crippen molar-refractivity contribution in [3.05, 3.63) is 11.9 Å². The van der Waals surface area contributed by atoms with Gasteiger partial charge < -0.3 is 20.5 Å². The highest BCUT2D eigenvalue weighted by molar-refractivity contribution is 5.87. The van der Waals surface area contributed by atoms with Crippen molar-refractivity contribution < 1.29 is 19.4 Å². The average Bonchev–Trinajstić information content (AvgIpc) is 2.97. The van der Waals surface area contributed by atoms with Gasteiger partial charge in [-0.25, -0.2) is 9.48 Å². The Hall–Kier alpha value is -2.00. The molecule has 2 aliphatic heterocycles. The maximum atomic E-state index is 12.2. The van der Waals surface area contributed by atoms with Crippen LogP contribution in [0, 0.1) is 0 Å². The number of carboxylic acid groups (broad SMARTS) is 1. The van der Waals surface area contributed by atoms with Gasteiger partial charge in [0, 0.05) is 19.7 Å². The average molecular weight is 281 g/mol. The molecule has 0 aromatic carbocycles. The van der Waals surface area contributed by atoms with Gasteiger partial charge in [-0.3, -0.25) is 4.79 Å². The molecule has 2 saturated heterocycles. The Balaban J connectivity index is 1.60. The summed E-state index contributed by atoms with van der Waals surface area (Å²) in [6.45, 7) is 1.67. The van der Waals surface area contributed by atoms with Crippen molar-refractivity contribution in [1.29, 1.82) is 0 Å². The Morgan fingerprint density at radius 1 is 1.50 bits per heavy atom. The molecule has 3 N–H and O–H groups in total. The van der Waals surface area contributed by atoms with Crippen LogP contribution in [0.15, 0.2) is 6.20 Å². The summed E-state index contributed by atoms with van der Waals surface area (Å²) in [5.74, 6) is -1.24. The molecule has 0 bridgehead atoms. The van der Waals surface area contributed by atoms with Crippen LogP contribution in [0.4, 0.5) is 0 Å².